The lowest BCUT2D eigenvalue weighted by atomic mass is 9.98. The maximum absolute atomic E-state index is 12.5. The molecule has 2 saturated heterocycles. The van der Waals surface area contributed by atoms with Gasteiger partial charge in [-0.15, -0.1) is 11.3 Å². The molecule has 1 aromatic heterocycles. The molecule has 3 heterocycles. The largest absolute Gasteiger partial charge is 0.376 e. The summed E-state index contributed by atoms with van der Waals surface area (Å²) in [6, 6.07) is 4.15. The summed E-state index contributed by atoms with van der Waals surface area (Å²) in [5.74, 6) is 0.804. The molecular weight excluding hydrogens is 272 g/mol. The van der Waals surface area contributed by atoms with Gasteiger partial charge in [0.15, 0.2) is 0 Å². The second-order valence-electron chi connectivity index (χ2n) is 5.72. The first-order chi connectivity index (χ1) is 9.81. The third kappa shape index (κ3) is 3.59. The number of hydrogen-bond donors (Lipinski definition) is 1. The van der Waals surface area contributed by atoms with Crippen LogP contribution in [0, 0.1) is 5.92 Å². The van der Waals surface area contributed by atoms with Crippen molar-refractivity contribution in [3.63, 3.8) is 0 Å². The molecule has 0 saturated carbocycles. The van der Waals surface area contributed by atoms with Crippen LogP contribution in [0.3, 0.4) is 0 Å². The van der Waals surface area contributed by atoms with E-state index in [-0.39, 0.29) is 12.0 Å². The Balaban J connectivity index is 1.59. The van der Waals surface area contributed by atoms with Crippen LogP contribution in [0.15, 0.2) is 17.5 Å². The van der Waals surface area contributed by atoms with E-state index in [1.807, 2.05) is 11.0 Å². The average molecular weight is 294 g/mol. The molecule has 1 amide bonds. The average Bonchev–Trinajstić information content (AvgIpc) is 3.06. The molecule has 1 atom stereocenters. The highest BCUT2D eigenvalue weighted by atomic mass is 32.1. The standard InChI is InChI=1S/C15H22N2O2S/c18-15(7-12-8-16-9-12)17(10-13-3-1-5-19-13)11-14-4-2-6-20-14/h2,4,6,12-13,16H,1,3,5,7-11H2. The fraction of sp³-hybridized carbons (Fsp3) is 0.667. The molecule has 3 rings (SSSR count). The first kappa shape index (κ1) is 14.0. The van der Waals surface area contributed by atoms with Gasteiger partial charge in [0.1, 0.15) is 0 Å². The molecule has 0 spiro atoms. The predicted molar refractivity (Wildman–Crippen MR) is 79.7 cm³/mol. The number of nitrogens with zero attached hydrogens (tertiary/aromatic N) is 1. The van der Waals surface area contributed by atoms with E-state index in [1.165, 1.54) is 4.88 Å². The molecule has 1 unspecified atom stereocenters. The van der Waals surface area contributed by atoms with Gasteiger partial charge in [0.05, 0.1) is 12.6 Å². The van der Waals surface area contributed by atoms with Crippen molar-refractivity contribution in [1.29, 1.82) is 0 Å². The Morgan fingerprint density at radius 3 is 3.00 bits per heavy atom. The summed E-state index contributed by atoms with van der Waals surface area (Å²) in [6.45, 7) is 4.29. The van der Waals surface area contributed by atoms with Crippen molar-refractivity contribution in [3.05, 3.63) is 22.4 Å². The van der Waals surface area contributed by atoms with Gasteiger partial charge < -0.3 is 15.0 Å². The van der Waals surface area contributed by atoms with Crippen LogP contribution >= 0.6 is 11.3 Å². The summed E-state index contributed by atoms with van der Waals surface area (Å²) in [5, 5.41) is 5.30. The zero-order chi connectivity index (χ0) is 13.8. The van der Waals surface area contributed by atoms with E-state index in [1.54, 1.807) is 11.3 Å². The van der Waals surface area contributed by atoms with Crippen LogP contribution in [0.5, 0.6) is 0 Å². The topological polar surface area (TPSA) is 41.6 Å². The van der Waals surface area contributed by atoms with Crippen LogP contribution < -0.4 is 5.32 Å². The minimum absolute atomic E-state index is 0.235. The van der Waals surface area contributed by atoms with Gasteiger partial charge in [-0.3, -0.25) is 4.79 Å². The summed E-state index contributed by atoms with van der Waals surface area (Å²) < 4.78 is 5.70. The van der Waals surface area contributed by atoms with Crippen molar-refractivity contribution in [1.82, 2.24) is 10.2 Å². The number of amides is 1. The summed E-state index contributed by atoms with van der Waals surface area (Å²) >= 11 is 1.72. The fourth-order valence-corrected chi connectivity index (χ4v) is 3.47. The highest BCUT2D eigenvalue weighted by Gasteiger charge is 2.26. The maximum Gasteiger partial charge on any atom is 0.223 e. The third-order valence-electron chi connectivity index (χ3n) is 4.06. The van der Waals surface area contributed by atoms with Crippen LogP contribution in [0.25, 0.3) is 0 Å². The number of carbonyl (C=O) groups is 1. The van der Waals surface area contributed by atoms with Gasteiger partial charge in [-0.25, -0.2) is 0 Å². The monoisotopic (exact) mass is 294 g/mol. The van der Waals surface area contributed by atoms with Crippen LogP contribution in [0.2, 0.25) is 0 Å². The first-order valence-corrected chi connectivity index (χ1v) is 8.31. The van der Waals surface area contributed by atoms with Crippen molar-refractivity contribution < 1.29 is 9.53 Å². The molecule has 110 valence electrons. The van der Waals surface area contributed by atoms with Crippen molar-refractivity contribution in [3.8, 4) is 0 Å². The second-order valence-corrected chi connectivity index (χ2v) is 6.75. The normalized spacial score (nSPS) is 22.7. The Morgan fingerprint density at radius 2 is 2.40 bits per heavy atom. The van der Waals surface area contributed by atoms with Crippen molar-refractivity contribution in [2.24, 2.45) is 5.92 Å². The number of nitrogens with one attached hydrogen (secondary N) is 1. The Morgan fingerprint density at radius 1 is 1.50 bits per heavy atom. The number of thiophene rings is 1. The summed E-state index contributed by atoms with van der Waals surface area (Å²) in [4.78, 5) is 15.8. The smallest absolute Gasteiger partial charge is 0.223 e. The molecule has 5 heteroatoms. The molecule has 1 N–H and O–H groups in total. The van der Waals surface area contributed by atoms with Crippen LogP contribution in [-0.4, -0.2) is 43.2 Å². The zero-order valence-electron chi connectivity index (χ0n) is 11.7. The molecule has 0 bridgehead atoms. The van der Waals surface area contributed by atoms with E-state index >= 15 is 0 Å². The Labute approximate surface area is 124 Å². The summed E-state index contributed by atoms with van der Waals surface area (Å²) in [5.41, 5.74) is 0. The molecule has 2 fully saturated rings. The van der Waals surface area contributed by atoms with Crippen molar-refractivity contribution in [2.45, 2.75) is 31.9 Å². The Bertz CT molecular complexity index is 425. The van der Waals surface area contributed by atoms with Gasteiger partial charge in [0.2, 0.25) is 5.91 Å². The minimum atomic E-state index is 0.235. The van der Waals surface area contributed by atoms with E-state index in [9.17, 15) is 4.79 Å². The predicted octanol–water partition coefficient (Wildman–Crippen LogP) is 1.87. The van der Waals surface area contributed by atoms with Gasteiger partial charge in [-0.05, 0) is 43.3 Å². The SMILES string of the molecule is O=C(CC1CNC1)N(Cc1cccs1)CC1CCCO1. The van der Waals surface area contributed by atoms with Crippen LogP contribution in [-0.2, 0) is 16.1 Å². The zero-order valence-corrected chi connectivity index (χ0v) is 12.5. The summed E-state index contributed by atoms with van der Waals surface area (Å²) in [6.07, 6.45) is 3.11. The van der Waals surface area contributed by atoms with Crippen molar-refractivity contribution >= 4 is 17.2 Å². The van der Waals surface area contributed by atoms with E-state index in [2.05, 4.69) is 16.8 Å². The van der Waals surface area contributed by atoms with E-state index in [0.717, 1.165) is 45.6 Å². The van der Waals surface area contributed by atoms with E-state index < -0.39 is 0 Å². The molecule has 20 heavy (non-hydrogen) atoms. The Kier molecular flexibility index (Phi) is 4.70. The maximum atomic E-state index is 12.5. The molecule has 2 aliphatic rings. The lowest BCUT2D eigenvalue weighted by Gasteiger charge is -2.31. The highest BCUT2D eigenvalue weighted by Crippen LogP contribution is 2.19. The molecule has 4 nitrogen and oxygen atoms in total. The lowest BCUT2D eigenvalue weighted by Crippen LogP contribution is -2.46. The van der Waals surface area contributed by atoms with Crippen molar-refractivity contribution in [2.75, 3.05) is 26.2 Å². The van der Waals surface area contributed by atoms with Crippen LogP contribution in [0.1, 0.15) is 24.1 Å². The molecule has 0 radical (unpaired) electrons. The quantitative estimate of drug-likeness (QED) is 0.871. The van der Waals surface area contributed by atoms with Crippen LogP contribution in [0.4, 0.5) is 0 Å². The molecule has 0 aromatic carbocycles. The minimum Gasteiger partial charge on any atom is -0.376 e. The summed E-state index contributed by atoms with van der Waals surface area (Å²) in [7, 11) is 0. The molecule has 2 aliphatic heterocycles. The second kappa shape index (κ2) is 6.70. The molecule has 0 aliphatic carbocycles. The van der Waals surface area contributed by atoms with Gasteiger partial charge in [0.25, 0.3) is 0 Å². The van der Waals surface area contributed by atoms with Gasteiger partial charge in [-0.1, -0.05) is 6.07 Å². The van der Waals surface area contributed by atoms with E-state index in [4.69, 9.17) is 4.74 Å². The Hall–Kier alpha value is -0.910. The van der Waals surface area contributed by atoms with Gasteiger partial charge in [-0.2, -0.15) is 0 Å². The number of rotatable bonds is 6. The number of hydrogen-bond acceptors (Lipinski definition) is 4. The third-order valence-corrected chi connectivity index (χ3v) is 4.92. The highest BCUT2D eigenvalue weighted by molar-refractivity contribution is 7.09. The number of carbonyl (C=O) groups excluding carboxylic acids is 1. The fourth-order valence-electron chi connectivity index (χ4n) is 2.75. The molecular formula is C15H22N2O2S. The molecule has 1 aromatic rings. The van der Waals surface area contributed by atoms with Gasteiger partial charge in [0, 0.05) is 24.4 Å². The van der Waals surface area contributed by atoms with E-state index in [0.29, 0.717) is 12.3 Å². The first-order valence-electron chi connectivity index (χ1n) is 7.44. The lowest BCUT2D eigenvalue weighted by molar-refractivity contribution is -0.134. The van der Waals surface area contributed by atoms with Gasteiger partial charge >= 0.3 is 0 Å². The number of ether oxygens (including phenoxy) is 1.